The van der Waals surface area contributed by atoms with Gasteiger partial charge >= 0.3 is 11.2 Å². The molecule has 0 aromatic rings. The van der Waals surface area contributed by atoms with Gasteiger partial charge in [0.15, 0.2) is 0 Å². The number of carbonyl (C=O) groups is 2. The zero-order chi connectivity index (χ0) is 13.1. The third-order valence-corrected chi connectivity index (χ3v) is 5.40. The van der Waals surface area contributed by atoms with Crippen molar-refractivity contribution < 1.29 is 19.4 Å². The van der Waals surface area contributed by atoms with Crippen molar-refractivity contribution >= 4 is 22.8 Å². The molecule has 2 bridgehead atoms. The third-order valence-electron chi connectivity index (χ3n) is 5.24. The summed E-state index contributed by atoms with van der Waals surface area (Å²) in [6, 6.07) is 0. The standard InChI is InChI=1S/C12H17ClO4/c1-10(2)7-4-5-11(10,3)12(16,6-7)17-9(15)8(13)14/h7,16H,4-6H2,1-3H3. The van der Waals surface area contributed by atoms with Gasteiger partial charge in [-0.05, 0) is 35.8 Å². The summed E-state index contributed by atoms with van der Waals surface area (Å²) in [5, 5.41) is 9.35. The summed E-state index contributed by atoms with van der Waals surface area (Å²) < 4.78 is 4.97. The molecule has 17 heavy (non-hydrogen) atoms. The van der Waals surface area contributed by atoms with E-state index in [0.29, 0.717) is 12.3 Å². The number of ether oxygens (including phenoxy) is 1. The molecule has 0 amide bonds. The molecule has 2 saturated carbocycles. The van der Waals surface area contributed by atoms with Crippen LogP contribution in [0, 0.1) is 16.7 Å². The number of hydrogen-bond acceptors (Lipinski definition) is 4. The van der Waals surface area contributed by atoms with E-state index in [1.54, 1.807) is 0 Å². The van der Waals surface area contributed by atoms with E-state index < -0.39 is 22.4 Å². The molecule has 3 atom stereocenters. The first-order valence-electron chi connectivity index (χ1n) is 5.79. The largest absolute Gasteiger partial charge is 0.426 e. The molecule has 4 nitrogen and oxygen atoms in total. The van der Waals surface area contributed by atoms with Crippen LogP contribution in [0.5, 0.6) is 0 Å². The predicted molar refractivity (Wildman–Crippen MR) is 61.1 cm³/mol. The first-order chi connectivity index (χ1) is 7.64. The van der Waals surface area contributed by atoms with Crippen LogP contribution in [0.25, 0.3) is 0 Å². The second kappa shape index (κ2) is 3.45. The molecule has 0 radical (unpaired) electrons. The maximum Gasteiger partial charge on any atom is 0.393 e. The van der Waals surface area contributed by atoms with Crippen LogP contribution in [0.3, 0.4) is 0 Å². The molecule has 0 aromatic carbocycles. The lowest BCUT2D eigenvalue weighted by molar-refractivity contribution is -0.258. The summed E-state index contributed by atoms with van der Waals surface area (Å²) in [6.07, 6.45) is 2.18. The molecule has 96 valence electrons. The number of hydrogen-bond donors (Lipinski definition) is 1. The van der Waals surface area contributed by atoms with Gasteiger partial charge in [0.25, 0.3) is 0 Å². The highest BCUT2D eigenvalue weighted by atomic mass is 35.5. The van der Waals surface area contributed by atoms with E-state index in [1.807, 2.05) is 6.92 Å². The van der Waals surface area contributed by atoms with Crippen LogP contribution in [0.2, 0.25) is 0 Å². The van der Waals surface area contributed by atoms with E-state index in [-0.39, 0.29) is 5.41 Å². The van der Waals surface area contributed by atoms with Gasteiger partial charge in [-0.2, -0.15) is 0 Å². The van der Waals surface area contributed by atoms with Crippen molar-refractivity contribution in [3.63, 3.8) is 0 Å². The SMILES string of the molecule is CC1(C)C2CCC1(C)C(O)(OC(=O)C(=O)Cl)C2. The van der Waals surface area contributed by atoms with Gasteiger partial charge < -0.3 is 9.84 Å². The van der Waals surface area contributed by atoms with Crippen LogP contribution >= 0.6 is 11.6 Å². The number of aliphatic hydroxyl groups is 1. The molecule has 2 aliphatic carbocycles. The fourth-order valence-electron chi connectivity index (χ4n) is 3.56. The van der Waals surface area contributed by atoms with Crippen molar-refractivity contribution in [1.29, 1.82) is 0 Å². The summed E-state index contributed by atoms with van der Waals surface area (Å²) in [4.78, 5) is 22.0. The molecule has 0 aliphatic heterocycles. The summed E-state index contributed by atoms with van der Waals surface area (Å²) in [5.41, 5.74) is -0.635. The minimum absolute atomic E-state index is 0.114. The molecule has 3 unspecified atom stereocenters. The van der Waals surface area contributed by atoms with Crippen molar-refractivity contribution in [3.05, 3.63) is 0 Å². The Morgan fingerprint density at radius 2 is 1.94 bits per heavy atom. The minimum atomic E-state index is -1.57. The normalized spacial score (nSPS) is 42.5. The van der Waals surface area contributed by atoms with E-state index in [2.05, 4.69) is 13.8 Å². The smallest absolute Gasteiger partial charge is 0.393 e. The van der Waals surface area contributed by atoms with Gasteiger partial charge in [0.2, 0.25) is 5.79 Å². The van der Waals surface area contributed by atoms with Gasteiger partial charge in [-0.15, -0.1) is 0 Å². The maximum atomic E-state index is 11.3. The Hall–Kier alpha value is -0.610. The lowest BCUT2D eigenvalue weighted by Gasteiger charge is -2.43. The summed E-state index contributed by atoms with van der Waals surface area (Å²) in [7, 11) is 0. The van der Waals surface area contributed by atoms with Crippen LogP contribution in [0.15, 0.2) is 0 Å². The summed E-state index contributed by atoms with van der Waals surface area (Å²) >= 11 is 5.06. The Morgan fingerprint density at radius 1 is 1.35 bits per heavy atom. The summed E-state index contributed by atoms with van der Waals surface area (Å²) in [6.45, 7) is 6.05. The Labute approximate surface area is 105 Å². The Bertz CT molecular complexity index is 392. The van der Waals surface area contributed by atoms with Crippen molar-refractivity contribution in [2.24, 2.45) is 16.7 Å². The molecule has 0 spiro atoms. The lowest BCUT2D eigenvalue weighted by Crippen LogP contribution is -2.50. The maximum absolute atomic E-state index is 11.3. The van der Waals surface area contributed by atoms with Gasteiger partial charge in [-0.25, -0.2) is 4.79 Å². The first kappa shape index (κ1) is 12.8. The third kappa shape index (κ3) is 1.47. The second-order valence-electron chi connectivity index (χ2n) is 5.94. The van der Waals surface area contributed by atoms with Gasteiger partial charge in [-0.3, -0.25) is 4.79 Å². The molecular formula is C12H17ClO4. The molecule has 5 heteroatoms. The summed E-state index contributed by atoms with van der Waals surface area (Å²) in [5.74, 6) is -2.43. The quantitative estimate of drug-likeness (QED) is 0.356. The Kier molecular flexibility index (Phi) is 2.61. The van der Waals surface area contributed by atoms with E-state index in [4.69, 9.17) is 16.3 Å². The predicted octanol–water partition coefficient (Wildman–Crippen LogP) is 1.83. The molecular weight excluding hydrogens is 244 g/mol. The first-order valence-corrected chi connectivity index (χ1v) is 6.17. The highest BCUT2D eigenvalue weighted by Gasteiger charge is 2.70. The Morgan fingerprint density at radius 3 is 2.29 bits per heavy atom. The highest BCUT2D eigenvalue weighted by molar-refractivity contribution is 6.80. The van der Waals surface area contributed by atoms with Crippen molar-refractivity contribution in [2.45, 2.75) is 45.8 Å². The molecule has 0 aromatic heterocycles. The Balaban J connectivity index is 2.30. The van der Waals surface area contributed by atoms with Gasteiger partial charge in [-0.1, -0.05) is 20.8 Å². The van der Waals surface area contributed by atoms with Crippen molar-refractivity contribution in [1.82, 2.24) is 0 Å². The second-order valence-corrected chi connectivity index (χ2v) is 6.28. The monoisotopic (exact) mass is 260 g/mol. The average molecular weight is 261 g/mol. The topological polar surface area (TPSA) is 63.6 Å². The fourth-order valence-corrected chi connectivity index (χ4v) is 3.60. The minimum Gasteiger partial charge on any atom is -0.426 e. The van der Waals surface area contributed by atoms with E-state index in [0.717, 1.165) is 12.8 Å². The molecule has 1 N–H and O–H groups in total. The number of halogens is 1. The number of rotatable bonds is 2. The van der Waals surface area contributed by atoms with Crippen molar-refractivity contribution in [3.8, 4) is 0 Å². The molecule has 2 fully saturated rings. The van der Waals surface area contributed by atoms with Crippen LogP contribution < -0.4 is 0 Å². The van der Waals surface area contributed by atoms with Crippen molar-refractivity contribution in [2.75, 3.05) is 0 Å². The van der Waals surface area contributed by atoms with E-state index in [9.17, 15) is 14.7 Å². The van der Waals surface area contributed by atoms with Crippen LogP contribution in [-0.2, 0) is 14.3 Å². The van der Waals surface area contributed by atoms with Gasteiger partial charge in [0.05, 0.1) is 0 Å². The lowest BCUT2D eigenvalue weighted by atomic mass is 9.68. The number of esters is 1. The van der Waals surface area contributed by atoms with Gasteiger partial charge in [0, 0.05) is 11.8 Å². The highest BCUT2D eigenvalue weighted by Crippen LogP contribution is 2.69. The number of carbonyl (C=O) groups excluding carboxylic acids is 2. The van der Waals surface area contributed by atoms with E-state index >= 15 is 0 Å². The zero-order valence-corrected chi connectivity index (χ0v) is 11.0. The van der Waals surface area contributed by atoms with Gasteiger partial charge in [0.1, 0.15) is 0 Å². The fraction of sp³-hybridized carbons (Fsp3) is 0.833. The molecule has 0 saturated heterocycles. The zero-order valence-electron chi connectivity index (χ0n) is 10.2. The van der Waals surface area contributed by atoms with Crippen LogP contribution in [0.4, 0.5) is 0 Å². The molecule has 0 heterocycles. The number of fused-ring (bicyclic) bond motifs is 2. The average Bonchev–Trinajstić information content (AvgIpc) is 2.49. The van der Waals surface area contributed by atoms with Crippen LogP contribution in [-0.4, -0.2) is 22.1 Å². The van der Waals surface area contributed by atoms with E-state index in [1.165, 1.54) is 0 Å². The molecule has 2 aliphatic rings. The molecule has 2 rings (SSSR count). The van der Waals surface area contributed by atoms with Crippen LogP contribution in [0.1, 0.15) is 40.0 Å².